The van der Waals surface area contributed by atoms with Crippen molar-refractivity contribution in [2.75, 3.05) is 26.7 Å². The molecule has 6 nitrogen and oxygen atoms in total. The van der Waals surface area contributed by atoms with Gasteiger partial charge in [-0.15, -0.1) is 0 Å². The highest BCUT2D eigenvalue weighted by atomic mass is 19.1. The molecule has 2 saturated carbocycles. The maximum atomic E-state index is 13.3. The fourth-order valence-corrected chi connectivity index (χ4v) is 4.94. The summed E-state index contributed by atoms with van der Waals surface area (Å²) in [5.74, 6) is 1.15. The Morgan fingerprint density at radius 3 is 2.74 bits per heavy atom. The minimum Gasteiger partial charge on any atom is -0.335 e. The Morgan fingerprint density at radius 2 is 2.04 bits per heavy atom. The van der Waals surface area contributed by atoms with Crippen LogP contribution in [0.2, 0.25) is 0 Å². The van der Waals surface area contributed by atoms with E-state index in [4.69, 9.17) is 11.5 Å². The number of rotatable bonds is 7. The highest BCUT2D eigenvalue weighted by Crippen LogP contribution is 2.44. The Kier molecular flexibility index (Phi) is 7.34. The third-order valence-corrected chi connectivity index (χ3v) is 6.92. The van der Waals surface area contributed by atoms with E-state index in [0.717, 1.165) is 58.0 Å². The quantitative estimate of drug-likeness (QED) is 0.628. The van der Waals surface area contributed by atoms with Gasteiger partial charge in [0.15, 0.2) is 0 Å². The summed E-state index contributed by atoms with van der Waals surface area (Å²) in [5.41, 5.74) is 11.9. The molecule has 0 bridgehead atoms. The Morgan fingerprint density at radius 1 is 1.30 bits per heavy atom. The summed E-state index contributed by atoms with van der Waals surface area (Å²) in [6.45, 7) is 2.51. The number of urea groups is 1. The molecule has 1 aliphatic heterocycles. The predicted octanol–water partition coefficient (Wildman–Crippen LogP) is 2.03. The number of nitrogens with zero attached hydrogens (tertiary/aromatic N) is 2. The lowest BCUT2D eigenvalue weighted by Gasteiger charge is -2.40. The molecule has 27 heavy (non-hydrogen) atoms. The molecule has 2 amide bonds. The lowest BCUT2D eigenvalue weighted by Crippen LogP contribution is -2.55. The number of carbonyl (C=O) groups is 1. The first-order valence-electron chi connectivity index (χ1n) is 10.9. The Bertz CT molecular complexity index is 485. The molecule has 0 spiro atoms. The lowest BCUT2D eigenvalue weighted by atomic mass is 9.84. The van der Waals surface area contributed by atoms with Gasteiger partial charge in [-0.25, -0.2) is 9.18 Å². The zero-order chi connectivity index (χ0) is 19.4. The van der Waals surface area contributed by atoms with Crippen molar-refractivity contribution in [3.05, 3.63) is 0 Å². The second kappa shape index (κ2) is 9.52. The molecule has 2 unspecified atom stereocenters. The number of carbonyl (C=O) groups excluding carboxylic acids is 1. The van der Waals surface area contributed by atoms with Crippen molar-refractivity contribution in [1.82, 2.24) is 15.1 Å². The molecule has 3 aliphatic rings. The monoisotopic (exact) mass is 383 g/mol. The van der Waals surface area contributed by atoms with E-state index >= 15 is 0 Å². The first-order valence-corrected chi connectivity index (χ1v) is 10.9. The second-order valence-corrected chi connectivity index (χ2v) is 8.87. The van der Waals surface area contributed by atoms with E-state index in [2.05, 4.69) is 10.2 Å². The number of likely N-dealkylation sites (N-methyl/N-ethyl adjacent to an activating group) is 1. The molecule has 3 fully saturated rings. The molecular formula is C20H38FN5O. The third kappa shape index (κ3) is 5.55. The van der Waals surface area contributed by atoms with E-state index in [-0.39, 0.29) is 24.3 Å². The van der Waals surface area contributed by atoms with Crippen LogP contribution in [0.4, 0.5) is 9.18 Å². The van der Waals surface area contributed by atoms with Crippen LogP contribution < -0.4 is 16.8 Å². The summed E-state index contributed by atoms with van der Waals surface area (Å²) in [5, 5.41) is 3.21. The summed E-state index contributed by atoms with van der Waals surface area (Å²) in [4.78, 5) is 16.9. The number of piperidine rings is 1. The number of halogens is 1. The van der Waals surface area contributed by atoms with Gasteiger partial charge < -0.3 is 21.7 Å². The number of likely N-dealkylation sites (tertiary alicyclic amines) is 1. The molecule has 2 aliphatic carbocycles. The Labute approximate surface area is 163 Å². The smallest absolute Gasteiger partial charge is 0.317 e. The number of hydrogen-bond acceptors (Lipinski definition) is 4. The molecule has 0 aromatic rings. The van der Waals surface area contributed by atoms with Gasteiger partial charge in [-0.05, 0) is 82.7 Å². The van der Waals surface area contributed by atoms with E-state index in [9.17, 15) is 9.18 Å². The van der Waals surface area contributed by atoms with Gasteiger partial charge in [-0.2, -0.15) is 0 Å². The maximum Gasteiger partial charge on any atom is 0.317 e. The van der Waals surface area contributed by atoms with Crippen LogP contribution in [-0.4, -0.2) is 66.9 Å². The van der Waals surface area contributed by atoms with E-state index in [1.54, 1.807) is 0 Å². The molecule has 0 aromatic carbocycles. The average molecular weight is 384 g/mol. The summed E-state index contributed by atoms with van der Waals surface area (Å²) in [6, 6.07) is 0.526. The van der Waals surface area contributed by atoms with Crippen LogP contribution in [-0.2, 0) is 0 Å². The van der Waals surface area contributed by atoms with E-state index in [1.165, 1.54) is 0 Å². The van der Waals surface area contributed by atoms with Crippen LogP contribution in [0.3, 0.4) is 0 Å². The van der Waals surface area contributed by atoms with Gasteiger partial charge in [0.05, 0.1) is 6.17 Å². The van der Waals surface area contributed by atoms with E-state index < -0.39 is 6.17 Å². The minimum atomic E-state index is -0.607. The van der Waals surface area contributed by atoms with Crippen molar-refractivity contribution in [3.8, 4) is 0 Å². The van der Waals surface area contributed by atoms with Gasteiger partial charge in [-0.3, -0.25) is 4.90 Å². The number of alkyl halides is 1. The first kappa shape index (κ1) is 20.8. The van der Waals surface area contributed by atoms with Gasteiger partial charge in [-0.1, -0.05) is 0 Å². The van der Waals surface area contributed by atoms with Crippen LogP contribution in [0.5, 0.6) is 0 Å². The largest absolute Gasteiger partial charge is 0.335 e. The van der Waals surface area contributed by atoms with Crippen molar-refractivity contribution in [2.24, 2.45) is 23.3 Å². The zero-order valence-electron chi connectivity index (χ0n) is 16.8. The molecule has 7 heteroatoms. The average Bonchev–Trinajstić information content (AvgIpc) is 3.45. The summed E-state index contributed by atoms with van der Waals surface area (Å²) < 4.78 is 13.3. The van der Waals surface area contributed by atoms with Crippen molar-refractivity contribution < 1.29 is 9.18 Å². The summed E-state index contributed by atoms with van der Waals surface area (Å²) in [7, 11) is 1.90. The molecule has 156 valence electrons. The summed E-state index contributed by atoms with van der Waals surface area (Å²) in [6.07, 6.45) is 7.77. The van der Waals surface area contributed by atoms with Crippen LogP contribution in [0.25, 0.3) is 0 Å². The van der Waals surface area contributed by atoms with Gasteiger partial charge >= 0.3 is 6.03 Å². The molecule has 5 N–H and O–H groups in total. The number of nitrogens with two attached hydrogens (primary N) is 2. The predicted molar refractivity (Wildman–Crippen MR) is 106 cm³/mol. The molecular weight excluding hydrogens is 345 g/mol. The molecule has 1 heterocycles. The van der Waals surface area contributed by atoms with E-state index in [0.29, 0.717) is 31.2 Å². The number of hydrogen-bond donors (Lipinski definition) is 3. The summed E-state index contributed by atoms with van der Waals surface area (Å²) >= 11 is 0. The normalized spacial score (nSPS) is 35.5. The number of amides is 2. The van der Waals surface area contributed by atoms with Crippen LogP contribution in [0.1, 0.15) is 57.8 Å². The first-order chi connectivity index (χ1) is 13.0. The van der Waals surface area contributed by atoms with Crippen LogP contribution in [0.15, 0.2) is 0 Å². The number of nitrogens with one attached hydrogen (secondary N) is 1. The highest BCUT2D eigenvalue weighted by molar-refractivity contribution is 5.75. The van der Waals surface area contributed by atoms with Crippen molar-refractivity contribution in [3.63, 3.8) is 0 Å². The fourth-order valence-electron chi connectivity index (χ4n) is 4.94. The van der Waals surface area contributed by atoms with Crippen molar-refractivity contribution in [2.45, 2.75) is 82.2 Å². The van der Waals surface area contributed by atoms with Crippen molar-refractivity contribution in [1.29, 1.82) is 0 Å². The van der Waals surface area contributed by atoms with Gasteiger partial charge in [0.1, 0.15) is 6.17 Å². The van der Waals surface area contributed by atoms with Crippen LogP contribution in [0, 0.1) is 11.8 Å². The SMILES string of the molecule is CN(C(=O)N[C@@H]1C[C@H]1C1CCC(F)CC1)C1CCCN(C(N)CCCN)C1. The molecule has 0 aromatic heterocycles. The standard InChI is InChI=1S/C20H38FN5O/c1-25(16-4-3-11-26(13-16)19(23)5-2-10-22)20(27)24-18-12-17(18)14-6-8-15(21)9-7-14/h14-19H,2-13,22-23H2,1H3,(H,24,27)/t14?,15?,16?,17-,18+,19?/m0/s1. The van der Waals surface area contributed by atoms with Gasteiger partial charge in [0.2, 0.25) is 0 Å². The molecule has 0 radical (unpaired) electrons. The van der Waals surface area contributed by atoms with Gasteiger partial charge in [0.25, 0.3) is 0 Å². The fraction of sp³-hybridized carbons (Fsp3) is 0.950. The minimum absolute atomic E-state index is 0.0315. The second-order valence-electron chi connectivity index (χ2n) is 8.87. The molecule has 4 atom stereocenters. The van der Waals surface area contributed by atoms with Crippen molar-refractivity contribution >= 4 is 6.03 Å². The Balaban J connectivity index is 1.42. The topological polar surface area (TPSA) is 87.6 Å². The molecule has 1 saturated heterocycles. The maximum absolute atomic E-state index is 13.3. The highest BCUT2D eigenvalue weighted by Gasteiger charge is 2.45. The lowest BCUT2D eigenvalue weighted by molar-refractivity contribution is 0.0922. The third-order valence-electron chi connectivity index (χ3n) is 6.92. The molecule has 3 rings (SSSR count). The Hall–Kier alpha value is -0.920. The zero-order valence-corrected chi connectivity index (χ0v) is 16.8. The van der Waals surface area contributed by atoms with Crippen LogP contribution >= 0.6 is 0 Å². The van der Waals surface area contributed by atoms with E-state index in [1.807, 2.05) is 11.9 Å². The van der Waals surface area contributed by atoms with Gasteiger partial charge in [0, 0.05) is 25.7 Å².